The van der Waals surface area contributed by atoms with E-state index in [0.29, 0.717) is 25.0 Å². The lowest BCUT2D eigenvalue weighted by atomic mass is 9.81. The van der Waals surface area contributed by atoms with Gasteiger partial charge < -0.3 is 15.0 Å². The SMILES string of the molecule is CCOC(=O)NCC1CCC(c2nc(-c3cccc(Cl)c3)c[nH]2)CC1. The maximum absolute atomic E-state index is 11.4. The van der Waals surface area contributed by atoms with Crippen LogP contribution in [0.4, 0.5) is 4.79 Å². The number of benzene rings is 1. The van der Waals surface area contributed by atoms with Gasteiger partial charge in [-0.3, -0.25) is 0 Å². The van der Waals surface area contributed by atoms with Gasteiger partial charge >= 0.3 is 6.09 Å². The summed E-state index contributed by atoms with van der Waals surface area (Å²) in [6.45, 7) is 2.91. The minimum Gasteiger partial charge on any atom is -0.450 e. The third-order valence-electron chi connectivity index (χ3n) is 4.76. The average molecular weight is 362 g/mol. The molecule has 2 N–H and O–H groups in total. The first-order chi connectivity index (χ1) is 12.2. The molecule has 1 aromatic heterocycles. The Labute approximate surface area is 153 Å². The highest BCUT2D eigenvalue weighted by Crippen LogP contribution is 2.35. The van der Waals surface area contributed by atoms with Crippen LogP contribution in [-0.2, 0) is 4.74 Å². The fourth-order valence-corrected chi connectivity index (χ4v) is 3.58. The number of rotatable bonds is 5. The van der Waals surface area contributed by atoms with E-state index in [1.54, 1.807) is 0 Å². The van der Waals surface area contributed by atoms with Crippen LogP contribution in [0.2, 0.25) is 5.02 Å². The summed E-state index contributed by atoms with van der Waals surface area (Å²) >= 11 is 6.06. The molecule has 1 aliphatic carbocycles. The molecular formula is C19H24ClN3O2. The van der Waals surface area contributed by atoms with E-state index < -0.39 is 0 Å². The molecule has 0 atom stereocenters. The molecule has 0 unspecified atom stereocenters. The van der Waals surface area contributed by atoms with Crippen molar-refractivity contribution in [3.8, 4) is 11.3 Å². The van der Waals surface area contributed by atoms with Crippen LogP contribution in [0.15, 0.2) is 30.5 Å². The number of alkyl carbamates (subject to hydrolysis) is 1. The molecule has 134 valence electrons. The number of imidazole rings is 1. The second kappa shape index (κ2) is 8.39. The molecule has 5 nitrogen and oxygen atoms in total. The molecule has 0 bridgehead atoms. The van der Waals surface area contributed by atoms with Crippen molar-refractivity contribution in [2.75, 3.05) is 13.2 Å². The van der Waals surface area contributed by atoms with Crippen molar-refractivity contribution in [3.63, 3.8) is 0 Å². The van der Waals surface area contributed by atoms with Gasteiger partial charge in [-0.15, -0.1) is 0 Å². The number of carbonyl (C=O) groups excluding carboxylic acids is 1. The van der Waals surface area contributed by atoms with Gasteiger partial charge in [0.1, 0.15) is 5.82 Å². The molecule has 0 radical (unpaired) electrons. The van der Waals surface area contributed by atoms with Crippen molar-refractivity contribution in [2.45, 2.75) is 38.5 Å². The Bertz CT molecular complexity index is 708. The molecule has 1 aromatic carbocycles. The number of ether oxygens (including phenoxy) is 1. The number of hydrogen-bond donors (Lipinski definition) is 2. The first kappa shape index (κ1) is 17.8. The van der Waals surface area contributed by atoms with E-state index >= 15 is 0 Å². The van der Waals surface area contributed by atoms with Gasteiger partial charge in [0, 0.05) is 29.2 Å². The fourth-order valence-electron chi connectivity index (χ4n) is 3.39. The standard InChI is InChI=1S/C19H24ClN3O2/c1-2-25-19(24)22-11-13-6-8-14(9-7-13)18-21-12-17(23-18)15-4-3-5-16(20)10-15/h3-5,10,12-14H,2,6-9,11H2,1H3,(H,21,23)(H,22,24). The Balaban J connectivity index is 1.53. The number of aromatic nitrogens is 2. The van der Waals surface area contributed by atoms with Crippen LogP contribution in [0.5, 0.6) is 0 Å². The molecule has 6 heteroatoms. The van der Waals surface area contributed by atoms with Crippen LogP contribution in [0.25, 0.3) is 11.3 Å². The summed E-state index contributed by atoms with van der Waals surface area (Å²) in [5.41, 5.74) is 1.96. The van der Waals surface area contributed by atoms with Gasteiger partial charge in [-0.1, -0.05) is 23.7 Å². The third-order valence-corrected chi connectivity index (χ3v) is 5.00. The van der Waals surface area contributed by atoms with Crippen LogP contribution in [0.3, 0.4) is 0 Å². The van der Waals surface area contributed by atoms with E-state index in [2.05, 4.69) is 10.3 Å². The fraction of sp³-hybridized carbons (Fsp3) is 0.474. The summed E-state index contributed by atoms with van der Waals surface area (Å²) in [6, 6.07) is 7.75. The predicted octanol–water partition coefficient (Wildman–Crippen LogP) is 4.75. The van der Waals surface area contributed by atoms with E-state index in [-0.39, 0.29) is 6.09 Å². The van der Waals surface area contributed by atoms with Crippen molar-refractivity contribution in [2.24, 2.45) is 5.92 Å². The van der Waals surface area contributed by atoms with Crippen LogP contribution in [-0.4, -0.2) is 29.2 Å². The molecule has 3 rings (SSSR count). The molecule has 2 aromatic rings. The second-order valence-electron chi connectivity index (χ2n) is 6.50. The van der Waals surface area contributed by atoms with E-state index in [1.807, 2.05) is 37.4 Å². The number of amides is 1. The molecule has 0 saturated heterocycles. The van der Waals surface area contributed by atoms with Crippen LogP contribution >= 0.6 is 11.6 Å². The molecule has 0 spiro atoms. The quantitative estimate of drug-likeness (QED) is 0.807. The predicted molar refractivity (Wildman–Crippen MR) is 98.8 cm³/mol. The number of nitrogens with zero attached hydrogens (tertiary/aromatic N) is 1. The lowest BCUT2D eigenvalue weighted by Crippen LogP contribution is -2.31. The Morgan fingerprint density at radius 2 is 2.16 bits per heavy atom. The third kappa shape index (κ3) is 4.75. The van der Waals surface area contributed by atoms with Crippen molar-refractivity contribution in [3.05, 3.63) is 41.3 Å². The molecule has 1 aliphatic rings. The summed E-state index contributed by atoms with van der Waals surface area (Å²) in [4.78, 5) is 19.5. The molecular weight excluding hydrogens is 338 g/mol. The largest absolute Gasteiger partial charge is 0.450 e. The number of halogens is 1. The van der Waals surface area contributed by atoms with Gasteiger partial charge in [-0.05, 0) is 50.7 Å². The number of nitrogens with one attached hydrogen (secondary N) is 2. The molecule has 1 heterocycles. The average Bonchev–Trinajstić information content (AvgIpc) is 3.11. The Morgan fingerprint density at radius 3 is 2.88 bits per heavy atom. The van der Waals surface area contributed by atoms with Crippen molar-refractivity contribution in [1.29, 1.82) is 0 Å². The summed E-state index contributed by atoms with van der Waals surface area (Å²) in [5, 5.41) is 3.56. The number of H-pyrrole nitrogens is 1. The minimum atomic E-state index is -0.318. The molecule has 1 amide bonds. The van der Waals surface area contributed by atoms with Gasteiger partial charge in [0.2, 0.25) is 0 Å². The first-order valence-electron chi connectivity index (χ1n) is 8.87. The van der Waals surface area contributed by atoms with Crippen LogP contribution in [0, 0.1) is 5.92 Å². The zero-order valence-electron chi connectivity index (χ0n) is 14.4. The maximum Gasteiger partial charge on any atom is 0.407 e. The molecule has 25 heavy (non-hydrogen) atoms. The zero-order valence-corrected chi connectivity index (χ0v) is 15.2. The van der Waals surface area contributed by atoms with Crippen LogP contribution in [0.1, 0.15) is 44.3 Å². The van der Waals surface area contributed by atoms with E-state index in [1.165, 1.54) is 0 Å². The van der Waals surface area contributed by atoms with Crippen LogP contribution < -0.4 is 5.32 Å². The lowest BCUT2D eigenvalue weighted by molar-refractivity contribution is 0.148. The second-order valence-corrected chi connectivity index (χ2v) is 6.94. The van der Waals surface area contributed by atoms with Crippen molar-refractivity contribution < 1.29 is 9.53 Å². The molecule has 0 aliphatic heterocycles. The van der Waals surface area contributed by atoms with E-state index in [0.717, 1.165) is 47.8 Å². The van der Waals surface area contributed by atoms with Gasteiger partial charge in [0.05, 0.1) is 12.3 Å². The molecule has 1 saturated carbocycles. The Kier molecular flexibility index (Phi) is 5.97. The van der Waals surface area contributed by atoms with Gasteiger partial charge in [-0.25, -0.2) is 9.78 Å². The van der Waals surface area contributed by atoms with E-state index in [4.69, 9.17) is 21.3 Å². The Hall–Kier alpha value is -2.01. The summed E-state index contributed by atoms with van der Waals surface area (Å²) < 4.78 is 4.90. The van der Waals surface area contributed by atoms with Gasteiger partial charge in [0.15, 0.2) is 0 Å². The van der Waals surface area contributed by atoms with E-state index in [9.17, 15) is 4.79 Å². The highest BCUT2D eigenvalue weighted by Gasteiger charge is 2.24. The minimum absolute atomic E-state index is 0.318. The highest BCUT2D eigenvalue weighted by molar-refractivity contribution is 6.30. The van der Waals surface area contributed by atoms with Crippen molar-refractivity contribution in [1.82, 2.24) is 15.3 Å². The Morgan fingerprint density at radius 1 is 1.36 bits per heavy atom. The number of aromatic amines is 1. The highest BCUT2D eigenvalue weighted by atomic mass is 35.5. The number of carbonyl (C=O) groups is 1. The molecule has 1 fully saturated rings. The number of hydrogen-bond acceptors (Lipinski definition) is 3. The first-order valence-corrected chi connectivity index (χ1v) is 9.25. The summed E-state index contributed by atoms with van der Waals surface area (Å²) in [6.07, 6.45) is 5.97. The zero-order chi connectivity index (χ0) is 17.6. The van der Waals surface area contributed by atoms with Gasteiger partial charge in [0.25, 0.3) is 0 Å². The topological polar surface area (TPSA) is 67.0 Å². The monoisotopic (exact) mass is 361 g/mol. The normalized spacial score (nSPS) is 20.2. The smallest absolute Gasteiger partial charge is 0.407 e. The lowest BCUT2D eigenvalue weighted by Gasteiger charge is -2.27. The van der Waals surface area contributed by atoms with Crippen molar-refractivity contribution >= 4 is 17.7 Å². The maximum atomic E-state index is 11.4. The summed E-state index contributed by atoms with van der Waals surface area (Å²) in [5.74, 6) is 2.02. The summed E-state index contributed by atoms with van der Waals surface area (Å²) in [7, 11) is 0. The van der Waals surface area contributed by atoms with Gasteiger partial charge in [-0.2, -0.15) is 0 Å².